The fraction of sp³-hybridized carbons (Fsp3) is 0.500. The van der Waals surface area contributed by atoms with Gasteiger partial charge in [0.2, 0.25) is 0 Å². The topological polar surface area (TPSA) is 35.1 Å². The molecule has 5 heteroatoms. The van der Waals surface area contributed by atoms with E-state index in [1.54, 1.807) is 0 Å². The van der Waals surface area contributed by atoms with Crippen molar-refractivity contribution in [2.24, 2.45) is 0 Å². The highest BCUT2D eigenvalue weighted by molar-refractivity contribution is 9.10. The minimum atomic E-state index is -1.28. The lowest BCUT2D eigenvalue weighted by atomic mass is 10.1. The van der Waals surface area contributed by atoms with E-state index in [0.717, 1.165) is 10.0 Å². The van der Waals surface area contributed by atoms with Crippen LogP contribution in [-0.4, -0.2) is 16.0 Å². The molecule has 2 atom stereocenters. The Morgan fingerprint density at radius 3 is 2.59 bits per heavy atom. The summed E-state index contributed by atoms with van der Waals surface area (Å²) < 4.78 is 28.2. The lowest BCUT2D eigenvalue weighted by Crippen LogP contribution is -2.41. The fourth-order valence-corrected chi connectivity index (χ4v) is 2.45. The fourth-order valence-electron chi connectivity index (χ4n) is 1.22. The third kappa shape index (κ3) is 4.58. The zero-order valence-corrected chi connectivity index (χ0v) is 12.6. The van der Waals surface area contributed by atoms with Gasteiger partial charge in [0.1, 0.15) is 17.5 Å². The Hall–Kier alpha value is -0.100. The first-order valence-corrected chi connectivity index (χ1v) is 7.28. The van der Waals surface area contributed by atoms with Crippen LogP contribution in [0.3, 0.4) is 0 Å². The van der Waals surface area contributed by atoms with E-state index in [-0.39, 0.29) is 0 Å². The first-order valence-electron chi connectivity index (χ1n) is 5.34. The number of nitrogens with one attached hydrogen (secondary N) is 1. The Balaban J connectivity index is 2.79. The first-order chi connectivity index (χ1) is 7.84. The number of halogens is 2. The highest BCUT2D eigenvalue weighted by Crippen LogP contribution is 2.22. The van der Waals surface area contributed by atoms with Crippen molar-refractivity contribution in [3.63, 3.8) is 0 Å². The molecule has 1 rings (SSSR count). The molecule has 96 valence electrons. The van der Waals surface area contributed by atoms with Crippen LogP contribution in [0.1, 0.15) is 32.4 Å². The number of alkyl halides is 1. The van der Waals surface area contributed by atoms with Crippen molar-refractivity contribution >= 4 is 27.3 Å². The summed E-state index contributed by atoms with van der Waals surface area (Å²) in [5.41, 5.74) is 0.791. The van der Waals surface area contributed by atoms with Gasteiger partial charge in [-0.2, -0.15) is 0 Å². The van der Waals surface area contributed by atoms with Crippen molar-refractivity contribution < 1.29 is 8.94 Å². The van der Waals surface area contributed by atoms with Crippen LogP contribution in [0.15, 0.2) is 28.7 Å². The molecule has 0 amide bonds. The molecule has 0 heterocycles. The summed E-state index contributed by atoms with van der Waals surface area (Å²) in [4.78, 5) is 0. The molecule has 1 aromatic carbocycles. The van der Waals surface area contributed by atoms with Crippen molar-refractivity contribution in [2.45, 2.75) is 31.6 Å². The van der Waals surface area contributed by atoms with Gasteiger partial charge in [0.25, 0.3) is 0 Å². The largest absolute Gasteiger partial charge is 0.598 e. The molecule has 0 aliphatic carbocycles. The molecule has 0 aromatic heterocycles. The number of benzene rings is 1. The van der Waals surface area contributed by atoms with E-state index in [0.29, 0.717) is 0 Å². The minimum absolute atomic E-state index is 0.403. The molecule has 1 aromatic rings. The van der Waals surface area contributed by atoms with Crippen molar-refractivity contribution in [2.75, 3.05) is 6.67 Å². The van der Waals surface area contributed by atoms with E-state index in [1.807, 2.05) is 45.0 Å². The molecule has 1 N–H and O–H groups in total. The Kier molecular flexibility index (Phi) is 5.44. The summed E-state index contributed by atoms with van der Waals surface area (Å²) in [6.45, 7) is 4.98. The molecule has 0 bridgehead atoms. The van der Waals surface area contributed by atoms with Crippen LogP contribution in [0.5, 0.6) is 0 Å². The maximum absolute atomic E-state index is 13.0. The zero-order chi connectivity index (χ0) is 13.1. The van der Waals surface area contributed by atoms with Gasteiger partial charge in [-0.3, -0.25) is 0 Å². The average Bonchev–Trinajstić information content (AvgIpc) is 2.24. The van der Waals surface area contributed by atoms with Crippen LogP contribution in [0.4, 0.5) is 4.39 Å². The van der Waals surface area contributed by atoms with Crippen LogP contribution >= 0.6 is 15.9 Å². The van der Waals surface area contributed by atoms with E-state index in [1.165, 1.54) is 0 Å². The number of hydrogen-bond donors (Lipinski definition) is 1. The SMILES string of the molecule is CC(C)(C)[S+]([O-])NC(CF)c1cccc(Br)c1. The van der Waals surface area contributed by atoms with Gasteiger partial charge < -0.3 is 4.55 Å². The van der Waals surface area contributed by atoms with Crippen molar-refractivity contribution in [3.8, 4) is 0 Å². The van der Waals surface area contributed by atoms with Crippen LogP contribution in [0, 0.1) is 0 Å². The van der Waals surface area contributed by atoms with Crippen LogP contribution in [0.2, 0.25) is 0 Å². The van der Waals surface area contributed by atoms with E-state index >= 15 is 0 Å². The minimum Gasteiger partial charge on any atom is -0.598 e. The summed E-state index contributed by atoms with van der Waals surface area (Å²) in [6, 6.07) is 6.83. The summed E-state index contributed by atoms with van der Waals surface area (Å²) in [7, 11) is 0. The van der Waals surface area contributed by atoms with Gasteiger partial charge in [0, 0.05) is 15.8 Å². The maximum Gasteiger partial charge on any atom is 0.136 e. The normalized spacial score (nSPS) is 15.6. The Morgan fingerprint density at radius 1 is 1.47 bits per heavy atom. The molecule has 0 saturated carbocycles. The molecule has 2 unspecified atom stereocenters. The summed E-state index contributed by atoms with van der Waals surface area (Å²) >= 11 is 2.06. The maximum atomic E-state index is 13.0. The van der Waals surface area contributed by atoms with Gasteiger partial charge in [-0.15, -0.1) is 4.72 Å². The number of hydrogen-bond acceptors (Lipinski definition) is 2. The Morgan fingerprint density at radius 2 is 2.12 bits per heavy atom. The van der Waals surface area contributed by atoms with Crippen molar-refractivity contribution in [1.82, 2.24) is 4.72 Å². The lowest BCUT2D eigenvalue weighted by molar-refractivity contribution is 0.410. The van der Waals surface area contributed by atoms with Gasteiger partial charge in [-0.05, 0) is 38.5 Å². The highest BCUT2D eigenvalue weighted by atomic mass is 79.9. The standard InChI is InChI=1S/C12H17BrFNOS/c1-12(2,3)17(16)15-11(8-14)9-5-4-6-10(13)7-9/h4-7,11,15H,8H2,1-3H3. The van der Waals surface area contributed by atoms with Gasteiger partial charge in [0.05, 0.1) is 0 Å². The second kappa shape index (κ2) is 6.18. The van der Waals surface area contributed by atoms with Crippen LogP contribution < -0.4 is 4.72 Å². The summed E-state index contributed by atoms with van der Waals surface area (Å²) in [6.07, 6.45) is 0. The smallest absolute Gasteiger partial charge is 0.136 e. The van der Waals surface area contributed by atoms with E-state index in [4.69, 9.17) is 0 Å². The zero-order valence-electron chi connectivity index (χ0n) is 10.2. The van der Waals surface area contributed by atoms with Crippen molar-refractivity contribution in [3.05, 3.63) is 34.3 Å². The predicted molar refractivity (Wildman–Crippen MR) is 73.9 cm³/mol. The summed E-state index contributed by atoms with van der Waals surface area (Å²) in [5.74, 6) is 0. The Bertz CT molecular complexity index is 370. The second-order valence-electron chi connectivity index (χ2n) is 4.76. The van der Waals surface area contributed by atoms with E-state index < -0.39 is 28.8 Å². The molecule has 0 radical (unpaired) electrons. The molecule has 17 heavy (non-hydrogen) atoms. The molecule has 0 fully saturated rings. The van der Waals surface area contributed by atoms with Gasteiger partial charge in [0.15, 0.2) is 0 Å². The average molecular weight is 322 g/mol. The predicted octanol–water partition coefficient (Wildman–Crippen LogP) is 3.51. The van der Waals surface area contributed by atoms with Crippen molar-refractivity contribution in [1.29, 1.82) is 0 Å². The monoisotopic (exact) mass is 321 g/mol. The van der Waals surface area contributed by atoms with Gasteiger partial charge in [-0.25, -0.2) is 4.39 Å². The highest BCUT2D eigenvalue weighted by Gasteiger charge is 2.29. The third-order valence-corrected chi connectivity index (χ3v) is 4.32. The van der Waals surface area contributed by atoms with Gasteiger partial charge in [-0.1, -0.05) is 28.1 Å². The summed E-state index contributed by atoms with van der Waals surface area (Å²) in [5, 5.41) is 0. The molecular weight excluding hydrogens is 305 g/mol. The Labute approximate surface area is 113 Å². The molecule has 0 spiro atoms. The van der Waals surface area contributed by atoms with E-state index in [9.17, 15) is 8.94 Å². The first kappa shape index (κ1) is 15.0. The van der Waals surface area contributed by atoms with Crippen LogP contribution in [-0.2, 0) is 11.4 Å². The quantitative estimate of drug-likeness (QED) is 0.861. The van der Waals surface area contributed by atoms with Gasteiger partial charge >= 0.3 is 0 Å². The molecule has 2 nitrogen and oxygen atoms in total. The van der Waals surface area contributed by atoms with E-state index in [2.05, 4.69) is 20.7 Å². The lowest BCUT2D eigenvalue weighted by Gasteiger charge is -2.27. The molecule has 0 saturated heterocycles. The molecule has 0 aliphatic rings. The molecular formula is C12H17BrFNOS. The third-order valence-electron chi connectivity index (χ3n) is 2.21. The second-order valence-corrected chi connectivity index (χ2v) is 7.67. The van der Waals surface area contributed by atoms with Crippen LogP contribution in [0.25, 0.3) is 0 Å². The molecule has 0 aliphatic heterocycles. The number of rotatable bonds is 4.